The van der Waals surface area contributed by atoms with Crippen molar-refractivity contribution in [1.29, 1.82) is 0 Å². The van der Waals surface area contributed by atoms with Gasteiger partial charge in [-0.05, 0) is 20.4 Å². The molecule has 3 N–H and O–H groups in total. The molecule has 0 saturated heterocycles. The Morgan fingerprint density at radius 1 is 1.45 bits per heavy atom. The number of aryl methyl sites for hydroxylation is 2. The molecule has 2 rings (SSSR count). The Morgan fingerprint density at radius 3 is 2.80 bits per heavy atom. The molecule has 8 nitrogen and oxygen atoms in total. The van der Waals surface area contributed by atoms with E-state index in [9.17, 15) is 4.79 Å². The maximum Gasteiger partial charge on any atom is 0.246 e. The predicted octanol–water partition coefficient (Wildman–Crippen LogP) is -0.232. The van der Waals surface area contributed by atoms with Crippen LogP contribution in [-0.2, 0) is 24.8 Å². The molecule has 0 fully saturated rings. The molecule has 0 unspecified atom stereocenters. The lowest BCUT2D eigenvalue weighted by Crippen LogP contribution is -2.20. The topological polar surface area (TPSA) is 104 Å². The van der Waals surface area contributed by atoms with Crippen LogP contribution in [0.4, 0.5) is 5.69 Å². The second-order valence-electron chi connectivity index (χ2n) is 4.66. The first-order valence-corrected chi connectivity index (χ1v) is 6.40. The zero-order chi connectivity index (χ0) is 14.7. The van der Waals surface area contributed by atoms with Crippen LogP contribution in [0, 0.1) is 13.8 Å². The van der Waals surface area contributed by atoms with E-state index in [1.807, 2.05) is 20.9 Å². The van der Waals surface area contributed by atoms with Gasteiger partial charge in [0.15, 0.2) is 0 Å². The molecule has 0 radical (unpaired) electrons. The summed E-state index contributed by atoms with van der Waals surface area (Å²) in [7, 11) is 1.84. The molecule has 0 saturated carbocycles. The zero-order valence-corrected chi connectivity index (χ0v) is 11.9. The molecule has 2 aromatic rings. The van der Waals surface area contributed by atoms with Crippen LogP contribution in [-0.4, -0.2) is 37.2 Å². The summed E-state index contributed by atoms with van der Waals surface area (Å²) in [5.41, 5.74) is 8.69. The fraction of sp³-hybridized carbons (Fsp3) is 0.500. The molecule has 1 amide bonds. The third kappa shape index (κ3) is 3.02. The van der Waals surface area contributed by atoms with Crippen molar-refractivity contribution in [2.45, 2.75) is 26.8 Å². The number of carbonyl (C=O) groups is 1. The van der Waals surface area contributed by atoms with E-state index in [0.29, 0.717) is 13.0 Å². The summed E-state index contributed by atoms with van der Waals surface area (Å²) >= 11 is 0. The van der Waals surface area contributed by atoms with Gasteiger partial charge in [-0.2, -0.15) is 5.10 Å². The Balaban J connectivity index is 2.01. The van der Waals surface area contributed by atoms with Gasteiger partial charge in [0, 0.05) is 19.7 Å². The number of nitrogens with two attached hydrogens (primary N) is 1. The fourth-order valence-corrected chi connectivity index (χ4v) is 1.96. The van der Waals surface area contributed by atoms with Crippen molar-refractivity contribution >= 4 is 11.6 Å². The lowest BCUT2D eigenvalue weighted by Gasteiger charge is -2.05. The Labute approximate surface area is 116 Å². The smallest absolute Gasteiger partial charge is 0.246 e. The summed E-state index contributed by atoms with van der Waals surface area (Å²) in [4.78, 5) is 12.0. The van der Waals surface area contributed by atoms with Gasteiger partial charge in [-0.15, -0.1) is 5.10 Å². The first-order valence-electron chi connectivity index (χ1n) is 6.40. The Bertz CT molecular complexity index is 613. The van der Waals surface area contributed by atoms with Gasteiger partial charge in [0.25, 0.3) is 0 Å². The number of hydrogen-bond acceptors (Lipinski definition) is 5. The molecule has 2 aromatic heterocycles. The summed E-state index contributed by atoms with van der Waals surface area (Å²) in [6, 6.07) is 0. The van der Waals surface area contributed by atoms with E-state index in [-0.39, 0.29) is 12.5 Å². The van der Waals surface area contributed by atoms with Gasteiger partial charge in [-0.3, -0.25) is 9.48 Å². The normalized spacial score (nSPS) is 10.8. The van der Waals surface area contributed by atoms with Crippen LogP contribution >= 0.6 is 0 Å². The van der Waals surface area contributed by atoms with E-state index in [2.05, 4.69) is 20.7 Å². The van der Waals surface area contributed by atoms with Crippen molar-refractivity contribution < 1.29 is 4.79 Å². The highest BCUT2D eigenvalue weighted by Gasteiger charge is 2.13. The minimum Gasteiger partial charge on any atom is -0.330 e. The lowest BCUT2D eigenvalue weighted by molar-refractivity contribution is -0.116. The van der Waals surface area contributed by atoms with Gasteiger partial charge in [-0.1, -0.05) is 5.21 Å². The fourth-order valence-electron chi connectivity index (χ4n) is 1.96. The van der Waals surface area contributed by atoms with Gasteiger partial charge < -0.3 is 11.1 Å². The van der Waals surface area contributed by atoms with Gasteiger partial charge >= 0.3 is 0 Å². The van der Waals surface area contributed by atoms with Gasteiger partial charge in [-0.25, -0.2) is 4.68 Å². The molecule has 0 atom stereocenters. The molecule has 20 heavy (non-hydrogen) atoms. The van der Waals surface area contributed by atoms with E-state index in [1.165, 1.54) is 4.68 Å². The lowest BCUT2D eigenvalue weighted by atomic mass is 10.3. The summed E-state index contributed by atoms with van der Waals surface area (Å²) in [6.45, 7) is 4.40. The summed E-state index contributed by atoms with van der Waals surface area (Å²) in [6.07, 6.45) is 2.39. The van der Waals surface area contributed by atoms with Crippen LogP contribution in [0.5, 0.6) is 0 Å². The average Bonchev–Trinajstić information content (AvgIpc) is 2.91. The van der Waals surface area contributed by atoms with Crippen molar-refractivity contribution in [3.8, 4) is 0 Å². The van der Waals surface area contributed by atoms with Crippen molar-refractivity contribution in [3.05, 3.63) is 23.3 Å². The van der Waals surface area contributed by atoms with E-state index >= 15 is 0 Å². The molecule has 0 bridgehead atoms. The highest BCUT2D eigenvalue weighted by molar-refractivity contribution is 5.91. The predicted molar refractivity (Wildman–Crippen MR) is 74.1 cm³/mol. The van der Waals surface area contributed by atoms with Gasteiger partial charge in [0.05, 0.1) is 22.8 Å². The number of rotatable bonds is 5. The van der Waals surface area contributed by atoms with Crippen molar-refractivity contribution in [2.24, 2.45) is 12.8 Å². The Kier molecular flexibility index (Phi) is 4.14. The molecule has 0 aliphatic rings. The first kappa shape index (κ1) is 14.2. The van der Waals surface area contributed by atoms with E-state index in [1.54, 1.807) is 10.9 Å². The van der Waals surface area contributed by atoms with Crippen molar-refractivity contribution in [1.82, 2.24) is 24.8 Å². The minimum atomic E-state index is -0.159. The number of carbonyl (C=O) groups excluding carboxylic acids is 1. The average molecular weight is 277 g/mol. The summed E-state index contributed by atoms with van der Waals surface area (Å²) in [5.74, 6) is -0.159. The molecule has 0 aliphatic heterocycles. The minimum absolute atomic E-state index is 0.116. The third-order valence-electron chi connectivity index (χ3n) is 3.07. The number of amides is 1. The number of hydrogen-bond donors (Lipinski definition) is 2. The molecule has 2 heterocycles. The van der Waals surface area contributed by atoms with Crippen molar-refractivity contribution in [2.75, 3.05) is 11.9 Å². The summed E-state index contributed by atoms with van der Waals surface area (Å²) < 4.78 is 3.24. The standard InChI is InChI=1S/C12H19N7O/c1-8-12(9(2)18(3)16-8)14-11(20)7-19-6-10(4-5-13)15-17-19/h6H,4-5,7,13H2,1-3H3,(H,14,20). The number of nitrogens with one attached hydrogen (secondary N) is 1. The van der Waals surface area contributed by atoms with Crippen LogP contribution in [0.1, 0.15) is 17.1 Å². The quantitative estimate of drug-likeness (QED) is 0.785. The van der Waals surface area contributed by atoms with E-state index < -0.39 is 0 Å². The molecular weight excluding hydrogens is 258 g/mol. The number of nitrogens with zero attached hydrogens (tertiary/aromatic N) is 5. The molecule has 0 aromatic carbocycles. The van der Waals surface area contributed by atoms with Gasteiger partial charge in [0.2, 0.25) is 5.91 Å². The Morgan fingerprint density at radius 2 is 2.20 bits per heavy atom. The summed E-state index contributed by atoms with van der Waals surface area (Å²) in [5, 5.41) is 14.9. The number of anilines is 1. The van der Waals surface area contributed by atoms with Crippen LogP contribution in [0.2, 0.25) is 0 Å². The van der Waals surface area contributed by atoms with Crippen molar-refractivity contribution in [3.63, 3.8) is 0 Å². The maximum absolute atomic E-state index is 12.0. The SMILES string of the molecule is Cc1nn(C)c(C)c1NC(=O)Cn1cc(CCN)nn1. The molecular formula is C12H19N7O. The maximum atomic E-state index is 12.0. The largest absolute Gasteiger partial charge is 0.330 e. The monoisotopic (exact) mass is 277 g/mol. The Hall–Kier alpha value is -2.22. The highest BCUT2D eigenvalue weighted by atomic mass is 16.2. The van der Waals surface area contributed by atoms with E-state index in [4.69, 9.17) is 5.73 Å². The van der Waals surface area contributed by atoms with E-state index in [0.717, 1.165) is 22.8 Å². The van der Waals surface area contributed by atoms with Crippen LogP contribution in [0.15, 0.2) is 6.20 Å². The number of aromatic nitrogens is 5. The van der Waals surface area contributed by atoms with Gasteiger partial charge in [0.1, 0.15) is 6.54 Å². The molecule has 0 aliphatic carbocycles. The van der Waals surface area contributed by atoms with Crippen LogP contribution < -0.4 is 11.1 Å². The molecule has 8 heteroatoms. The molecule has 0 spiro atoms. The van der Waals surface area contributed by atoms with Crippen LogP contribution in [0.25, 0.3) is 0 Å². The third-order valence-corrected chi connectivity index (χ3v) is 3.07. The zero-order valence-electron chi connectivity index (χ0n) is 11.9. The van der Waals surface area contributed by atoms with Crippen LogP contribution in [0.3, 0.4) is 0 Å². The second-order valence-corrected chi connectivity index (χ2v) is 4.66. The molecule has 108 valence electrons. The second kappa shape index (κ2) is 5.83. The first-order chi connectivity index (χ1) is 9.51. The highest BCUT2D eigenvalue weighted by Crippen LogP contribution is 2.18.